The van der Waals surface area contributed by atoms with Gasteiger partial charge in [-0.25, -0.2) is 0 Å². The summed E-state index contributed by atoms with van der Waals surface area (Å²) >= 11 is 0. The van der Waals surface area contributed by atoms with Crippen molar-refractivity contribution < 1.29 is 0 Å². The molecule has 0 amide bonds. The molecular weight excluding hydrogens is 230 g/mol. The summed E-state index contributed by atoms with van der Waals surface area (Å²) in [6, 6.07) is 1.50. The molecule has 0 aromatic rings. The van der Waals surface area contributed by atoms with Crippen molar-refractivity contribution in [2.75, 3.05) is 0 Å². The molecule has 0 saturated heterocycles. The Morgan fingerprint density at radius 3 is 2.26 bits per heavy atom. The van der Waals surface area contributed by atoms with E-state index in [0.29, 0.717) is 6.04 Å². The number of hydrogen-bond acceptors (Lipinski definition) is 1. The van der Waals surface area contributed by atoms with Crippen molar-refractivity contribution in [3.63, 3.8) is 0 Å². The Morgan fingerprint density at radius 1 is 0.895 bits per heavy atom. The summed E-state index contributed by atoms with van der Waals surface area (Å²) in [5.74, 6) is 2.71. The number of nitrogens with one attached hydrogen (secondary N) is 1. The molecule has 0 aromatic heterocycles. The van der Waals surface area contributed by atoms with Gasteiger partial charge >= 0.3 is 0 Å². The van der Waals surface area contributed by atoms with Gasteiger partial charge in [-0.15, -0.1) is 0 Å². The highest BCUT2D eigenvalue weighted by Gasteiger charge is 2.21. The fourth-order valence-electron chi connectivity index (χ4n) is 3.48. The molecule has 0 radical (unpaired) electrons. The first-order valence-corrected chi connectivity index (χ1v) is 8.75. The number of rotatable bonds is 7. The van der Waals surface area contributed by atoms with E-state index in [0.717, 1.165) is 23.8 Å². The first-order valence-electron chi connectivity index (χ1n) is 8.75. The first-order chi connectivity index (χ1) is 8.99. The van der Waals surface area contributed by atoms with Crippen LogP contribution in [0.3, 0.4) is 0 Å². The van der Waals surface area contributed by atoms with Crippen molar-refractivity contribution in [3.05, 3.63) is 0 Å². The van der Waals surface area contributed by atoms with E-state index in [2.05, 4.69) is 39.9 Å². The number of hydrogen-bond donors (Lipinski definition) is 1. The van der Waals surface area contributed by atoms with Crippen LogP contribution >= 0.6 is 0 Å². The van der Waals surface area contributed by atoms with Gasteiger partial charge < -0.3 is 5.32 Å². The highest BCUT2D eigenvalue weighted by molar-refractivity contribution is 4.78. The van der Waals surface area contributed by atoms with E-state index in [4.69, 9.17) is 0 Å². The van der Waals surface area contributed by atoms with Crippen LogP contribution in [0, 0.1) is 17.8 Å². The summed E-state index contributed by atoms with van der Waals surface area (Å²) < 4.78 is 0. The third-order valence-electron chi connectivity index (χ3n) is 4.90. The van der Waals surface area contributed by atoms with Crippen LogP contribution in [-0.2, 0) is 0 Å². The highest BCUT2D eigenvalue weighted by Crippen LogP contribution is 2.29. The summed E-state index contributed by atoms with van der Waals surface area (Å²) in [5.41, 5.74) is 0. The maximum atomic E-state index is 3.89. The lowest BCUT2D eigenvalue weighted by Crippen LogP contribution is -2.36. The minimum Gasteiger partial charge on any atom is -0.312 e. The van der Waals surface area contributed by atoms with Crippen LogP contribution in [0.2, 0.25) is 0 Å². The SMILES string of the molecule is CC(C)CCCC(C)NC1CCCC(C(C)C)CC1. The van der Waals surface area contributed by atoms with E-state index in [1.165, 1.54) is 51.4 Å². The lowest BCUT2D eigenvalue weighted by Gasteiger charge is -2.23. The molecule has 1 nitrogen and oxygen atoms in total. The Bertz CT molecular complexity index is 222. The normalized spacial score (nSPS) is 26.7. The fourth-order valence-corrected chi connectivity index (χ4v) is 3.48. The molecule has 1 saturated carbocycles. The second-order valence-electron chi connectivity index (χ2n) is 7.60. The van der Waals surface area contributed by atoms with Crippen LogP contribution in [0.5, 0.6) is 0 Å². The molecule has 19 heavy (non-hydrogen) atoms. The van der Waals surface area contributed by atoms with Crippen molar-refractivity contribution in [2.24, 2.45) is 17.8 Å². The first kappa shape index (κ1) is 17.0. The second-order valence-corrected chi connectivity index (χ2v) is 7.60. The van der Waals surface area contributed by atoms with Gasteiger partial charge in [0.1, 0.15) is 0 Å². The van der Waals surface area contributed by atoms with Crippen molar-refractivity contribution in [2.45, 2.75) is 98.1 Å². The van der Waals surface area contributed by atoms with Gasteiger partial charge in [0.25, 0.3) is 0 Å². The van der Waals surface area contributed by atoms with Gasteiger partial charge in [0, 0.05) is 12.1 Å². The summed E-state index contributed by atoms with van der Waals surface area (Å²) in [6.45, 7) is 11.8. The second kappa shape index (κ2) is 9.00. The van der Waals surface area contributed by atoms with E-state index >= 15 is 0 Å². The topological polar surface area (TPSA) is 12.0 Å². The predicted molar refractivity (Wildman–Crippen MR) is 86.5 cm³/mol. The molecule has 0 spiro atoms. The molecule has 0 bridgehead atoms. The van der Waals surface area contributed by atoms with Gasteiger partial charge in [-0.2, -0.15) is 0 Å². The monoisotopic (exact) mass is 267 g/mol. The summed E-state index contributed by atoms with van der Waals surface area (Å²) in [4.78, 5) is 0. The fraction of sp³-hybridized carbons (Fsp3) is 1.00. The molecule has 1 aliphatic carbocycles. The van der Waals surface area contributed by atoms with Crippen LogP contribution in [0.25, 0.3) is 0 Å². The molecule has 114 valence electrons. The highest BCUT2D eigenvalue weighted by atomic mass is 14.9. The van der Waals surface area contributed by atoms with E-state index < -0.39 is 0 Å². The molecule has 1 N–H and O–H groups in total. The van der Waals surface area contributed by atoms with Gasteiger partial charge in [0.05, 0.1) is 0 Å². The lowest BCUT2D eigenvalue weighted by molar-refractivity contribution is 0.332. The van der Waals surface area contributed by atoms with E-state index in [-0.39, 0.29) is 0 Å². The Labute approximate surface area is 121 Å². The Morgan fingerprint density at radius 2 is 1.63 bits per heavy atom. The van der Waals surface area contributed by atoms with Crippen molar-refractivity contribution >= 4 is 0 Å². The van der Waals surface area contributed by atoms with E-state index in [9.17, 15) is 0 Å². The average molecular weight is 268 g/mol. The molecule has 1 heteroatoms. The van der Waals surface area contributed by atoms with Gasteiger partial charge in [-0.3, -0.25) is 0 Å². The predicted octanol–water partition coefficient (Wildman–Crippen LogP) is 5.40. The van der Waals surface area contributed by atoms with Gasteiger partial charge in [0.15, 0.2) is 0 Å². The van der Waals surface area contributed by atoms with Crippen LogP contribution in [-0.4, -0.2) is 12.1 Å². The maximum Gasteiger partial charge on any atom is 0.00696 e. The molecule has 0 heterocycles. The third kappa shape index (κ3) is 7.34. The van der Waals surface area contributed by atoms with Crippen LogP contribution in [0.4, 0.5) is 0 Å². The molecule has 0 aliphatic heterocycles. The van der Waals surface area contributed by atoms with Gasteiger partial charge in [-0.05, 0) is 50.4 Å². The zero-order valence-corrected chi connectivity index (χ0v) is 14.0. The molecular formula is C18H37N. The molecule has 3 atom stereocenters. The Hall–Kier alpha value is -0.0400. The molecule has 0 aromatic carbocycles. The molecule has 1 rings (SSSR count). The molecule has 1 aliphatic rings. The van der Waals surface area contributed by atoms with E-state index in [1.807, 2.05) is 0 Å². The molecule has 3 unspecified atom stereocenters. The van der Waals surface area contributed by atoms with E-state index in [1.54, 1.807) is 0 Å². The maximum absolute atomic E-state index is 3.89. The third-order valence-corrected chi connectivity index (χ3v) is 4.90. The van der Waals surface area contributed by atoms with Crippen LogP contribution < -0.4 is 5.32 Å². The minimum absolute atomic E-state index is 0.708. The minimum atomic E-state index is 0.708. The van der Waals surface area contributed by atoms with Gasteiger partial charge in [-0.1, -0.05) is 53.4 Å². The molecule has 1 fully saturated rings. The quantitative estimate of drug-likeness (QED) is 0.609. The lowest BCUT2D eigenvalue weighted by atomic mass is 9.89. The van der Waals surface area contributed by atoms with Crippen LogP contribution in [0.1, 0.15) is 86.0 Å². The summed E-state index contributed by atoms with van der Waals surface area (Å²) in [6.07, 6.45) is 11.2. The van der Waals surface area contributed by atoms with Crippen LogP contribution in [0.15, 0.2) is 0 Å². The largest absolute Gasteiger partial charge is 0.312 e. The standard InChI is InChI=1S/C18H37N/c1-14(2)8-6-9-16(5)19-18-11-7-10-17(12-13-18)15(3)4/h14-19H,6-13H2,1-5H3. The van der Waals surface area contributed by atoms with Crippen molar-refractivity contribution in [1.29, 1.82) is 0 Å². The summed E-state index contributed by atoms with van der Waals surface area (Å²) in [7, 11) is 0. The zero-order chi connectivity index (χ0) is 14.3. The van der Waals surface area contributed by atoms with Gasteiger partial charge in [0.2, 0.25) is 0 Å². The summed E-state index contributed by atoms with van der Waals surface area (Å²) in [5, 5.41) is 3.89. The van der Waals surface area contributed by atoms with Crippen molar-refractivity contribution in [3.8, 4) is 0 Å². The zero-order valence-electron chi connectivity index (χ0n) is 14.0. The Balaban J connectivity index is 2.21. The average Bonchev–Trinajstić information content (AvgIpc) is 2.54. The smallest absolute Gasteiger partial charge is 0.00696 e. The van der Waals surface area contributed by atoms with Crippen molar-refractivity contribution in [1.82, 2.24) is 5.32 Å². The Kier molecular flexibility index (Phi) is 8.06.